The second kappa shape index (κ2) is 4.21. The van der Waals surface area contributed by atoms with E-state index in [2.05, 4.69) is 15.2 Å². The summed E-state index contributed by atoms with van der Waals surface area (Å²) in [4.78, 5) is 26.9. The maximum Gasteiger partial charge on any atom is 0.341 e. The summed E-state index contributed by atoms with van der Waals surface area (Å²) in [5.41, 5.74) is -0.478. The fourth-order valence-corrected chi connectivity index (χ4v) is 2.36. The van der Waals surface area contributed by atoms with Crippen LogP contribution in [0.3, 0.4) is 0 Å². The second-order valence-electron chi connectivity index (χ2n) is 4.43. The summed E-state index contributed by atoms with van der Waals surface area (Å²) in [6.45, 7) is 2.29. The lowest BCUT2D eigenvalue weighted by Gasteiger charge is -2.37. The molecule has 1 spiro atoms. The van der Waals surface area contributed by atoms with Crippen LogP contribution in [0.5, 0.6) is 0 Å². The van der Waals surface area contributed by atoms with Gasteiger partial charge in [0.05, 0.1) is 13.2 Å². The summed E-state index contributed by atoms with van der Waals surface area (Å²) in [6, 6.07) is 0. The van der Waals surface area contributed by atoms with Crippen molar-refractivity contribution in [2.75, 3.05) is 26.3 Å². The molecule has 0 aromatic carbocycles. The Labute approximate surface area is 102 Å². The van der Waals surface area contributed by atoms with Crippen LogP contribution in [0, 0.1) is 0 Å². The van der Waals surface area contributed by atoms with Crippen LogP contribution in [0.1, 0.15) is 23.5 Å². The van der Waals surface area contributed by atoms with Crippen LogP contribution in [0.25, 0.3) is 0 Å². The average Bonchev–Trinajstić information content (AvgIpc) is 3.00. The number of nitrogens with zero attached hydrogens (tertiary/aromatic N) is 2. The van der Waals surface area contributed by atoms with E-state index >= 15 is 0 Å². The molecule has 8 nitrogen and oxygen atoms in total. The third-order valence-corrected chi connectivity index (χ3v) is 3.33. The van der Waals surface area contributed by atoms with E-state index in [1.165, 1.54) is 0 Å². The lowest BCUT2D eigenvalue weighted by molar-refractivity contribution is -0.181. The number of hydrogen-bond donors (Lipinski definition) is 2. The van der Waals surface area contributed by atoms with Crippen molar-refractivity contribution in [3.63, 3.8) is 0 Å². The van der Waals surface area contributed by atoms with Crippen molar-refractivity contribution in [3.05, 3.63) is 16.3 Å². The van der Waals surface area contributed by atoms with Gasteiger partial charge in [0.2, 0.25) is 5.82 Å². The first-order valence-electron chi connectivity index (χ1n) is 5.90. The fourth-order valence-electron chi connectivity index (χ4n) is 2.36. The number of nitrogens with one attached hydrogen (secondary N) is 2. The Kier molecular flexibility index (Phi) is 2.67. The van der Waals surface area contributed by atoms with Gasteiger partial charge in [-0.1, -0.05) is 0 Å². The number of H-pyrrole nitrogens is 2. The van der Waals surface area contributed by atoms with Gasteiger partial charge in [-0.15, -0.1) is 5.10 Å². The van der Waals surface area contributed by atoms with Gasteiger partial charge in [0.25, 0.3) is 5.91 Å². The zero-order valence-electron chi connectivity index (χ0n) is 9.77. The van der Waals surface area contributed by atoms with Crippen molar-refractivity contribution in [1.82, 2.24) is 20.1 Å². The topological polar surface area (TPSA) is 100 Å². The minimum atomic E-state index is -0.504. The van der Waals surface area contributed by atoms with E-state index in [0.717, 1.165) is 0 Å². The van der Waals surface area contributed by atoms with Crippen molar-refractivity contribution in [3.8, 4) is 0 Å². The Morgan fingerprint density at radius 1 is 1.28 bits per heavy atom. The maximum absolute atomic E-state index is 12.0. The highest BCUT2D eigenvalue weighted by atomic mass is 16.7. The predicted molar refractivity (Wildman–Crippen MR) is 59.0 cm³/mol. The molecule has 0 bridgehead atoms. The van der Waals surface area contributed by atoms with E-state index in [9.17, 15) is 9.59 Å². The molecule has 0 atom stereocenters. The summed E-state index contributed by atoms with van der Waals surface area (Å²) in [7, 11) is 0. The Hall–Kier alpha value is -1.67. The van der Waals surface area contributed by atoms with Crippen molar-refractivity contribution in [2.45, 2.75) is 18.6 Å². The number of rotatable bonds is 1. The standard InChI is InChI=1S/C10H14N4O4/c15-8(7-11-9(16)13-12-7)14-3-1-10(2-4-14)17-5-6-18-10/h1-6H2,(H2,11,12,13,16). The van der Waals surface area contributed by atoms with Crippen LogP contribution in [-0.4, -0.2) is 58.1 Å². The molecule has 2 fully saturated rings. The summed E-state index contributed by atoms with van der Waals surface area (Å²) in [5, 5.41) is 5.81. The van der Waals surface area contributed by atoms with Crippen molar-refractivity contribution in [2.24, 2.45) is 0 Å². The van der Waals surface area contributed by atoms with Gasteiger partial charge < -0.3 is 14.4 Å². The number of hydrogen-bond acceptors (Lipinski definition) is 5. The molecular weight excluding hydrogens is 240 g/mol. The highest BCUT2D eigenvalue weighted by Crippen LogP contribution is 2.31. The number of aromatic nitrogens is 3. The van der Waals surface area contributed by atoms with Crippen LogP contribution < -0.4 is 5.69 Å². The van der Waals surface area contributed by atoms with Gasteiger partial charge in [0.15, 0.2) is 5.79 Å². The normalized spacial score (nSPS) is 22.6. The third kappa shape index (κ3) is 1.93. The van der Waals surface area contributed by atoms with Crippen LogP contribution >= 0.6 is 0 Å². The van der Waals surface area contributed by atoms with Gasteiger partial charge in [-0.25, -0.2) is 9.89 Å². The maximum atomic E-state index is 12.0. The summed E-state index contributed by atoms with van der Waals surface area (Å²) in [5.74, 6) is -0.735. The minimum absolute atomic E-state index is 0.0456. The smallest absolute Gasteiger partial charge is 0.341 e. The SMILES string of the molecule is O=C(c1n[nH]c(=O)[nH]1)N1CCC2(CC1)OCCO2. The fraction of sp³-hybridized carbons (Fsp3) is 0.700. The van der Waals surface area contributed by atoms with E-state index in [1.54, 1.807) is 4.90 Å². The molecule has 1 aromatic rings. The molecule has 3 heterocycles. The van der Waals surface area contributed by atoms with E-state index in [1.807, 2.05) is 0 Å². The molecule has 2 aliphatic rings. The third-order valence-electron chi connectivity index (χ3n) is 3.33. The Bertz CT molecular complexity index is 492. The molecule has 0 radical (unpaired) electrons. The lowest BCUT2D eigenvalue weighted by Crippen LogP contribution is -2.47. The lowest BCUT2D eigenvalue weighted by atomic mass is 10.0. The minimum Gasteiger partial charge on any atom is -0.347 e. The molecule has 0 saturated carbocycles. The van der Waals surface area contributed by atoms with E-state index in [4.69, 9.17) is 9.47 Å². The van der Waals surface area contributed by atoms with Crippen molar-refractivity contribution < 1.29 is 14.3 Å². The zero-order valence-corrected chi connectivity index (χ0v) is 9.77. The van der Waals surface area contributed by atoms with Crippen LogP contribution in [0.2, 0.25) is 0 Å². The van der Waals surface area contributed by atoms with Crippen LogP contribution in [0.15, 0.2) is 4.79 Å². The van der Waals surface area contributed by atoms with Gasteiger partial charge in [0.1, 0.15) is 0 Å². The molecule has 1 aromatic heterocycles. The molecule has 2 N–H and O–H groups in total. The highest BCUT2D eigenvalue weighted by molar-refractivity contribution is 5.90. The Balaban J connectivity index is 1.66. The Morgan fingerprint density at radius 2 is 1.94 bits per heavy atom. The van der Waals surface area contributed by atoms with Gasteiger partial charge in [-0.2, -0.15) is 0 Å². The van der Waals surface area contributed by atoms with E-state index < -0.39 is 11.5 Å². The first-order valence-corrected chi connectivity index (χ1v) is 5.90. The van der Waals surface area contributed by atoms with E-state index in [-0.39, 0.29) is 11.7 Å². The van der Waals surface area contributed by atoms with E-state index in [0.29, 0.717) is 39.1 Å². The highest BCUT2D eigenvalue weighted by Gasteiger charge is 2.41. The van der Waals surface area contributed by atoms with Crippen LogP contribution in [0.4, 0.5) is 0 Å². The van der Waals surface area contributed by atoms with Gasteiger partial charge in [-0.05, 0) is 0 Å². The molecule has 0 aliphatic carbocycles. The molecule has 98 valence electrons. The number of likely N-dealkylation sites (tertiary alicyclic amines) is 1. The number of carbonyl (C=O) groups is 1. The molecule has 0 unspecified atom stereocenters. The summed E-state index contributed by atoms with van der Waals surface area (Å²) in [6.07, 6.45) is 1.29. The monoisotopic (exact) mass is 254 g/mol. The van der Waals surface area contributed by atoms with Crippen molar-refractivity contribution in [1.29, 1.82) is 0 Å². The molecular formula is C10H14N4O4. The summed E-state index contributed by atoms with van der Waals surface area (Å²) < 4.78 is 11.2. The second-order valence-corrected chi connectivity index (χ2v) is 4.43. The molecule has 3 rings (SSSR count). The first kappa shape index (κ1) is 11.4. The number of ether oxygens (including phenoxy) is 2. The summed E-state index contributed by atoms with van der Waals surface area (Å²) >= 11 is 0. The van der Waals surface area contributed by atoms with Gasteiger partial charge >= 0.3 is 5.69 Å². The number of carbonyl (C=O) groups excluding carboxylic acids is 1. The van der Waals surface area contributed by atoms with Gasteiger partial charge in [0, 0.05) is 25.9 Å². The average molecular weight is 254 g/mol. The molecule has 1 amide bonds. The largest absolute Gasteiger partial charge is 0.347 e. The number of aromatic amines is 2. The van der Waals surface area contributed by atoms with Crippen LogP contribution in [-0.2, 0) is 9.47 Å². The number of piperidine rings is 1. The molecule has 18 heavy (non-hydrogen) atoms. The predicted octanol–water partition coefficient (Wildman–Crippen LogP) is -0.923. The van der Waals surface area contributed by atoms with Crippen molar-refractivity contribution >= 4 is 5.91 Å². The first-order chi connectivity index (χ1) is 8.69. The van der Waals surface area contributed by atoms with Gasteiger partial charge in [-0.3, -0.25) is 9.78 Å². The zero-order chi connectivity index (χ0) is 12.6. The quantitative estimate of drug-likeness (QED) is 0.675. The molecule has 8 heteroatoms. The Morgan fingerprint density at radius 3 is 2.50 bits per heavy atom. The molecule has 2 saturated heterocycles. The molecule has 2 aliphatic heterocycles. The number of amides is 1.